The van der Waals surface area contributed by atoms with Crippen molar-refractivity contribution in [3.8, 4) is 16.9 Å². The molecule has 5 rings (SSSR count). The van der Waals surface area contributed by atoms with Crippen LogP contribution in [0.15, 0.2) is 36.8 Å². The highest BCUT2D eigenvalue weighted by Gasteiger charge is 2.29. The van der Waals surface area contributed by atoms with Crippen LogP contribution in [0, 0.1) is 5.92 Å². The predicted molar refractivity (Wildman–Crippen MR) is 109 cm³/mol. The third kappa shape index (κ3) is 3.11. The number of aromatic nitrogens is 3. The Morgan fingerprint density at radius 2 is 2.18 bits per heavy atom. The first kappa shape index (κ1) is 17.5. The summed E-state index contributed by atoms with van der Waals surface area (Å²) in [7, 11) is 0. The molecule has 0 bridgehead atoms. The van der Waals surface area contributed by atoms with Crippen LogP contribution in [0.5, 0.6) is 5.75 Å². The van der Waals surface area contributed by atoms with E-state index in [9.17, 15) is 0 Å². The van der Waals surface area contributed by atoms with E-state index in [-0.39, 0.29) is 6.10 Å². The summed E-state index contributed by atoms with van der Waals surface area (Å²) in [6.45, 7) is 3.73. The molecule has 6 heteroatoms. The van der Waals surface area contributed by atoms with Gasteiger partial charge in [-0.05, 0) is 49.3 Å². The largest absolute Gasteiger partial charge is 0.491 e. The summed E-state index contributed by atoms with van der Waals surface area (Å²) in [5, 5.41) is 0.929. The zero-order valence-electron chi connectivity index (χ0n) is 16.2. The van der Waals surface area contributed by atoms with Crippen LogP contribution in [0.2, 0.25) is 0 Å². The van der Waals surface area contributed by atoms with Crippen LogP contribution in [-0.2, 0) is 4.74 Å². The van der Waals surface area contributed by atoms with Crippen molar-refractivity contribution in [2.45, 2.75) is 44.8 Å². The van der Waals surface area contributed by atoms with Crippen molar-refractivity contribution in [1.29, 1.82) is 0 Å². The molecule has 3 heterocycles. The Balaban J connectivity index is 1.49. The lowest BCUT2D eigenvalue weighted by Gasteiger charge is -2.34. The maximum Gasteiger partial charge on any atom is 0.146 e. The number of nitrogen functional groups attached to an aromatic ring is 1. The average molecular weight is 378 g/mol. The monoisotopic (exact) mass is 378 g/mol. The van der Waals surface area contributed by atoms with E-state index in [4.69, 9.17) is 15.2 Å². The van der Waals surface area contributed by atoms with Gasteiger partial charge >= 0.3 is 0 Å². The first-order valence-electron chi connectivity index (χ1n) is 10.1. The van der Waals surface area contributed by atoms with Crippen LogP contribution in [0.3, 0.4) is 0 Å². The zero-order valence-corrected chi connectivity index (χ0v) is 16.2. The topological polar surface area (TPSA) is 75.2 Å². The molecule has 2 aliphatic rings. The van der Waals surface area contributed by atoms with Gasteiger partial charge in [0.15, 0.2) is 0 Å². The van der Waals surface area contributed by atoms with Crippen LogP contribution in [0.1, 0.15) is 38.6 Å². The molecule has 6 nitrogen and oxygen atoms in total. The molecule has 1 aromatic carbocycles. The van der Waals surface area contributed by atoms with E-state index in [1.807, 2.05) is 12.1 Å². The second-order valence-corrected chi connectivity index (χ2v) is 8.11. The van der Waals surface area contributed by atoms with Crippen LogP contribution in [0.4, 0.5) is 5.82 Å². The Morgan fingerprint density at radius 3 is 2.96 bits per heavy atom. The fourth-order valence-electron chi connectivity index (χ4n) is 4.41. The summed E-state index contributed by atoms with van der Waals surface area (Å²) in [5.41, 5.74) is 9.32. The highest BCUT2D eigenvalue weighted by atomic mass is 16.5. The SMILES string of the molecule is CC1CC(n2cc(-c3cccc(OCC4CCCO4)c3)c3c(N)ncnc32)C1. The van der Waals surface area contributed by atoms with Gasteiger partial charge in [0.25, 0.3) is 0 Å². The molecule has 0 amide bonds. The molecule has 3 aromatic rings. The maximum absolute atomic E-state index is 6.26. The highest BCUT2D eigenvalue weighted by Crippen LogP contribution is 2.42. The molecule has 2 fully saturated rings. The van der Waals surface area contributed by atoms with Crippen molar-refractivity contribution >= 4 is 16.9 Å². The third-order valence-corrected chi connectivity index (χ3v) is 5.99. The van der Waals surface area contributed by atoms with Crippen LogP contribution < -0.4 is 10.5 Å². The summed E-state index contributed by atoms with van der Waals surface area (Å²) in [6.07, 6.45) is 8.49. The molecule has 1 aliphatic carbocycles. The molecule has 2 N–H and O–H groups in total. The Labute approximate surface area is 164 Å². The van der Waals surface area contributed by atoms with Crippen LogP contribution >= 0.6 is 0 Å². The zero-order chi connectivity index (χ0) is 19.1. The maximum atomic E-state index is 6.26. The number of ether oxygens (including phenoxy) is 2. The Bertz CT molecular complexity index is 987. The molecule has 2 aromatic heterocycles. The van der Waals surface area contributed by atoms with Gasteiger partial charge in [-0.25, -0.2) is 9.97 Å². The van der Waals surface area contributed by atoms with E-state index in [1.165, 1.54) is 12.8 Å². The Kier molecular flexibility index (Phi) is 4.43. The Hall–Kier alpha value is -2.60. The van der Waals surface area contributed by atoms with Crippen molar-refractivity contribution in [1.82, 2.24) is 14.5 Å². The van der Waals surface area contributed by atoms with Gasteiger partial charge in [-0.3, -0.25) is 0 Å². The molecule has 1 saturated carbocycles. The normalized spacial score (nSPS) is 24.4. The third-order valence-electron chi connectivity index (χ3n) is 5.99. The average Bonchev–Trinajstić information content (AvgIpc) is 3.33. The van der Waals surface area contributed by atoms with Gasteiger partial charge in [0.2, 0.25) is 0 Å². The van der Waals surface area contributed by atoms with Gasteiger partial charge in [-0.2, -0.15) is 0 Å². The van der Waals surface area contributed by atoms with Crippen LogP contribution in [0.25, 0.3) is 22.2 Å². The number of fused-ring (bicyclic) bond motifs is 1. The molecule has 0 radical (unpaired) electrons. The molecule has 1 aliphatic heterocycles. The first-order chi connectivity index (χ1) is 13.7. The highest BCUT2D eigenvalue weighted by molar-refractivity contribution is 6.00. The molecular formula is C22H26N4O2. The van der Waals surface area contributed by atoms with Gasteiger partial charge < -0.3 is 19.8 Å². The number of hydrogen-bond donors (Lipinski definition) is 1. The summed E-state index contributed by atoms with van der Waals surface area (Å²) in [5.74, 6) is 2.14. The van der Waals surface area contributed by atoms with Gasteiger partial charge in [0, 0.05) is 24.4 Å². The van der Waals surface area contributed by atoms with Gasteiger partial charge in [0.05, 0.1) is 11.5 Å². The van der Waals surface area contributed by atoms with Crippen molar-refractivity contribution in [2.75, 3.05) is 18.9 Å². The van der Waals surface area contributed by atoms with E-state index in [0.717, 1.165) is 53.3 Å². The van der Waals surface area contributed by atoms with Crippen molar-refractivity contribution in [2.24, 2.45) is 5.92 Å². The number of nitrogens with two attached hydrogens (primary N) is 1. The lowest BCUT2D eigenvalue weighted by atomic mass is 9.82. The lowest BCUT2D eigenvalue weighted by Crippen LogP contribution is -2.24. The molecule has 1 saturated heterocycles. The quantitative estimate of drug-likeness (QED) is 0.720. The van der Waals surface area contributed by atoms with E-state index in [2.05, 4.69) is 39.8 Å². The predicted octanol–water partition coefficient (Wildman–Crippen LogP) is 4.21. The number of benzene rings is 1. The van der Waals surface area contributed by atoms with E-state index < -0.39 is 0 Å². The van der Waals surface area contributed by atoms with E-state index in [0.29, 0.717) is 18.5 Å². The minimum atomic E-state index is 0.204. The molecule has 146 valence electrons. The number of rotatable bonds is 5. The number of nitrogens with zero attached hydrogens (tertiary/aromatic N) is 3. The minimum absolute atomic E-state index is 0.204. The number of anilines is 1. The lowest BCUT2D eigenvalue weighted by molar-refractivity contribution is 0.0680. The van der Waals surface area contributed by atoms with Crippen molar-refractivity contribution < 1.29 is 9.47 Å². The number of hydrogen-bond acceptors (Lipinski definition) is 5. The molecule has 0 spiro atoms. The second kappa shape index (κ2) is 7.09. The van der Waals surface area contributed by atoms with Gasteiger partial charge in [-0.1, -0.05) is 19.1 Å². The molecule has 1 unspecified atom stereocenters. The molecule has 28 heavy (non-hydrogen) atoms. The smallest absolute Gasteiger partial charge is 0.146 e. The van der Waals surface area contributed by atoms with Gasteiger partial charge in [0.1, 0.15) is 30.1 Å². The molecular weight excluding hydrogens is 352 g/mol. The second-order valence-electron chi connectivity index (χ2n) is 8.11. The fraction of sp³-hybridized carbons (Fsp3) is 0.455. The summed E-state index contributed by atoms with van der Waals surface area (Å²) < 4.78 is 13.9. The van der Waals surface area contributed by atoms with Gasteiger partial charge in [-0.15, -0.1) is 0 Å². The summed E-state index contributed by atoms with van der Waals surface area (Å²) >= 11 is 0. The summed E-state index contributed by atoms with van der Waals surface area (Å²) in [4.78, 5) is 8.79. The minimum Gasteiger partial charge on any atom is -0.491 e. The van der Waals surface area contributed by atoms with Crippen molar-refractivity contribution in [3.05, 3.63) is 36.8 Å². The Morgan fingerprint density at radius 1 is 1.29 bits per heavy atom. The standard InChI is InChI=1S/C22H26N4O2/c1-14-8-16(9-14)26-11-19(20-21(23)24-13-25-22(20)26)15-4-2-5-17(10-15)28-12-18-6-3-7-27-18/h2,4-5,10-11,13-14,16,18H,3,6-9,12H2,1H3,(H2,23,24,25). The first-order valence-corrected chi connectivity index (χ1v) is 10.1. The van der Waals surface area contributed by atoms with Crippen molar-refractivity contribution in [3.63, 3.8) is 0 Å². The molecule has 1 atom stereocenters. The van der Waals surface area contributed by atoms with E-state index in [1.54, 1.807) is 6.33 Å². The summed E-state index contributed by atoms with van der Waals surface area (Å²) in [6, 6.07) is 8.66. The van der Waals surface area contributed by atoms with Crippen LogP contribution in [-0.4, -0.2) is 33.9 Å². The van der Waals surface area contributed by atoms with E-state index >= 15 is 0 Å². The fourth-order valence-corrected chi connectivity index (χ4v) is 4.41.